The Kier molecular flexibility index (Phi) is 3.95. The van der Waals surface area contributed by atoms with Crippen molar-refractivity contribution in [2.24, 2.45) is 28.6 Å². The minimum atomic E-state index is 0.554. The van der Waals surface area contributed by atoms with Crippen LogP contribution in [0.1, 0.15) is 79.1 Å². The molecule has 1 heteroatoms. The molecule has 3 fully saturated rings. The van der Waals surface area contributed by atoms with Gasteiger partial charge in [0.05, 0.1) is 0 Å². The van der Waals surface area contributed by atoms with Crippen molar-refractivity contribution in [2.75, 3.05) is 6.54 Å². The summed E-state index contributed by atoms with van der Waals surface area (Å²) in [5.74, 6) is 2.97. The van der Waals surface area contributed by atoms with Crippen LogP contribution in [0.4, 0.5) is 0 Å². The lowest BCUT2D eigenvalue weighted by Crippen LogP contribution is -2.46. The number of rotatable bonds is 4. The van der Waals surface area contributed by atoms with Crippen LogP contribution in [0.25, 0.3) is 0 Å². The molecule has 1 N–H and O–H groups in total. The maximum Gasteiger partial charge on any atom is 0.0129 e. The van der Waals surface area contributed by atoms with Crippen molar-refractivity contribution in [3.63, 3.8) is 0 Å². The van der Waals surface area contributed by atoms with E-state index < -0.39 is 0 Å². The third-order valence-corrected chi connectivity index (χ3v) is 7.99. The van der Waals surface area contributed by atoms with Crippen molar-refractivity contribution in [3.8, 4) is 0 Å². The van der Waals surface area contributed by atoms with Crippen LogP contribution in [-0.4, -0.2) is 12.6 Å². The Labute approximate surface area is 126 Å². The monoisotopic (exact) mass is 277 g/mol. The highest BCUT2D eigenvalue weighted by Crippen LogP contribution is 2.65. The molecule has 0 spiro atoms. The normalized spacial score (nSPS) is 46.8. The van der Waals surface area contributed by atoms with Gasteiger partial charge in [0.1, 0.15) is 0 Å². The van der Waals surface area contributed by atoms with Gasteiger partial charge in [-0.1, -0.05) is 47.0 Å². The van der Waals surface area contributed by atoms with E-state index in [1.54, 1.807) is 0 Å². The highest BCUT2D eigenvalue weighted by molar-refractivity contribution is 5.13. The fourth-order valence-corrected chi connectivity index (χ4v) is 5.67. The summed E-state index contributed by atoms with van der Waals surface area (Å²) in [6.07, 6.45) is 11.7. The van der Waals surface area contributed by atoms with Gasteiger partial charge in [0.2, 0.25) is 0 Å². The third kappa shape index (κ3) is 2.25. The summed E-state index contributed by atoms with van der Waals surface area (Å²) in [6, 6.07) is 0.792. The van der Waals surface area contributed by atoms with Crippen molar-refractivity contribution >= 4 is 0 Å². The van der Waals surface area contributed by atoms with Crippen molar-refractivity contribution in [1.29, 1.82) is 0 Å². The predicted molar refractivity (Wildman–Crippen MR) is 86.8 cm³/mol. The maximum absolute atomic E-state index is 4.01. The van der Waals surface area contributed by atoms with E-state index >= 15 is 0 Å². The van der Waals surface area contributed by atoms with E-state index in [4.69, 9.17) is 0 Å². The third-order valence-electron chi connectivity index (χ3n) is 7.99. The van der Waals surface area contributed by atoms with Crippen LogP contribution >= 0.6 is 0 Å². The molecule has 3 rings (SSSR count). The summed E-state index contributed by atoms with van der Waals surface area (Å²) in [5.41, 5.74) is 1.11. The molecule has 0 heterocycles. The lowest BCUT2D eigenvalue weighted by atomic mass is 9.69. The van der Waals surface area contributed by atoms with Crippen molar-refractivity contribution in [1.82, 2.24) is 5.32 Å². The van der Waals surface area contributed by atoms with Gasteiger partial charge in [-0.05, 0) is 67.2 Å². The molecule has 20 heavy (non-hydrogen) atoms. The summed E-state index contributed by atoms with van der Waals surface area (Å²) in [6.45, 7) is 11.3. The largest absolute Gasteiger partial charge is 0.313 e. The molecular formula is C19H35N. The average molecular weight is 277 g/mol. The molecule has 3 unspecified atom stereocenters. The molecule has 0 aromatic rings. The van der Waals surface area contributed by atoms with E-state index in [-0.39, 0.29) is 0 Å². The van der Waals surface area contributed by atoms with Gasteiger partial charge in [0.15, 0.2) is 0 Å². The van der Waals surface area contributed by atoms with Crippen LogP contribution < -0.4 is 5.32 Å². The molecule has 1 nitrogen and oxygen atoms in total. The smallest absolute Gasteiger partial charge is 0.0129 e. The molecule has 0 aromatic carbocycles. The molecule has 116 valence electrons. The zero-order valence-corrected chi connectivity index (χ0v) is 14.2. The number of nitrogens with one attached hydrogen (secondary N) is 1. The van der Waals surface area contributed by atoms with E-state index in [0.717, 1.165) is 23.8 Å². The highest BCUT2D eigenvalue weighted by atomic mass is 15.0. The standard InChI is InChI=1S/C19H35N/c1-5-14-6-8-15(9-7-14)13-20-17-12-16-10-11-19(17,4)18(16,2)3/h14-17,20H,5-13H2,1-4H3. The van der Waals surface area contributed by atoms with Crippen LogP contribution in [0.5, 0.6) is 0 Å². The van der Waals surface area contributed by atoms with Gasteiger partial charge in [0, 0.05) is 6.04 Å². The minimum Gasteiger partial charge on any atom is -0.313 e. The Hall–Kier alpha value is -0.0400. The second-order valence-electron chi connectivity index (χ2n) is 8.87. The van der Waals surface area contributed by atoms with Gasteiger partial charge in [-0.2, -0.15) is 0 Å². The second kappa shape index (κ2) is 5.30. The van der Waals surface area contributed by atoms with Crippen LogP contribution in [0, 0.1) is 28.6 Å². The van der Waals surface area contributed by atoms with Gasteiger partial charge < -0.3 is 5.32 Å². The van der Waals surface area contributed by atoms with E-state index in [2.05, 4.69) is 33.0 Å². The van der Waals surface area contributed by atoms with E-state index in [9.17, 15) is 0 Å². The lowest BCUT2D eigenvalue weighted by Gasteiger charge is -2.40. The molecule has 0 radical (unpaired) electrons. The Morgan fingerprint density at radius 2 is 1.60 bits per heavy atom. The highest BCUT2D eigenvalue weighted by Gasteiger charge is 2.60. The molecule has 3 aliphatic carbocycles. The molecule has 3 aliphatic rings. The molecule has 2 bridgehead atoms. The molecule has 0 amide bonds. The van der Waals surface area contributed by atoms with Crippen molar-refractivity contribution in [2.45, 2.75) is 85.1 Å². The molecule has 0 saturated heterocycles. The summed E-state index contributed by atoms with van der Waals surface area (Å²) in [5, 5.41) is 4.01. The van der Waals surface area contributed by atoms with Gasteiger partial charge in [-0.25, -0.2) is 0 Å². The van der Waals surface area contributed by atoms with Gasteiger partial charge in [0.25, 0.3) is 0 Å². The minimum absolute atomic E-state index is 0.554. The van der Waals surface area contributed by atoms with Crippen LogP contribution in [0.15, 0.2) is 0 Å². The zero-order valence-electron chi connectivity index (χ0n) is 14.2. The first-order valence-electron chi connectivity index (χ1n) is 9.20. The number of hydrogen-bond donors (Lipinski definition) is 1. The zero-order chi connectivity index (χ0) is 14.4. The van der Waals surface area contributed by atoms with Crippen molar-refractivity contribution < 1.29 is 0 Å². The van der Waals surface area contributed by atoms with E-state index in [1.807, 2.05) is 0 Å². The summed E-state index contributed by atoms with van der Waals surface area (Å²) < 4.78 is 0. The van der Waals surface area contributed by atoms with Crippen LogP contribution in [-0.2, 0) is 0 Å². The van der Waals surface area contributed by atoms with Crippen molar-refractivity contribution in [3.05, 3.63) is 0 Å². The first-order chi connectivity index (χ1) is 9.47. The summed E-state index contributed by atoms with van der Waals surface area (Å²) in [7, 11) is 0. The first-order valence-corrected chi connectivity index (χ1v) is 9.20. The Morgan fingerprint density at radius 1 is 0.950 bits per heavy atom. The molecule has 0 aromatic heterocycles. The van der Waals surface area contributed by atoms with Gasteiger partial charge in [-0.3, -0.25) is 0 Å². The molecular weight excluding hydrogens is 242 g/mol. The second-order valence-corrected chi connectivity index (χ2v) is 8.87. The van der Waals surface area contributed by atoms with Crippen LogP contribution in [0.2, 0.25) is 0 Å². The lowest BCUT2D eigenvalue weighted by molar-refractivity contribution is 0.116. The fourth-order valence-electron chi connectivity index (χ4n) is 5.67. The van der Waals surface area contributed by atoms with Crippen LogP contribution in [0.3, 0.4) is 0 Å². The van der Waals surface area contributed by atoms with Gasteiger partial charge >= 0.3 is 0 Å². The number of hydrogen-bond acceptors (Lipinski definition) is 1. The fraction of sp³-hybridized carbons (Fsp3) is 1.00. The van der Waals surface area contributed by atoms with E-state index in [0.29, 0.717) is 10.8 Å². The molecule has 0 aliphatic heterocycles. The average Bonchev–Trinajstić information content (AvgIpc) is 2.78. The Balaban J connectivity index is 1.51. The molecule has 3 atom stereocenters. The van der Waals surface area contributed by atoms with Gasteiger partial charge in [-0.15, -0.1) is 0 Å². The summed E-state index contributed by atoms with van der Waals surface area (Å²) in [4.78, 5) is 0. The first kappa shape index (κ1) is 14.9. The Bertz CT molecular complexity index is 340. The predicted octanol–water partition coefficient (Wildman–Crippen LogP) is 5.01. The Morgan fingerprint density at radius 3 is 2.10 bits per heavy atom. The molecule has 3 saturated carbocycles. The summed E-state index contributed by atoms with van der Waals surface area (Å²) >= 11 is 0. The topological polar surface area (TPSA) is 12.0 Å². The SMILES string of the molecule is CCC1CCC(CNC2CC3CCC2(C)C3(C)C)CC1. The quantitative estimate of drug-likeness (QED) is 0.762. The maximum atomic E-state index is 4.01. The number of fused-ring (bicyclic) bond motifs is 2. The van der Waals surface area contributed by atoms with E-state index in [1.165, 1.54) is 57.9 Å².